The van der Waals surface area contributed by atoms with Crippen LogP contribution in [0.5, 0.6) is 5.75 Å². The maximum absolute atomic E-state index is 12.0. The quantitative estimate of drug-likeness (QED) is 0.903. The van der Waals surface area contributed by atoms with Crippen LogP contribution < -0.4 is 4.74 Å². The molecule has 128 valence electrons. The molecule has 5 nitrogen and oxygen atoms in total. The lowest BCUT2D eigenvalue weighted by Gasteiger charge is -2.16. The number of hydrogen-bond donors (Lipinski definition) is 1. The maximum Gasteiger partial charge on any atom is 0.573 e. The Balaban J connectivity index is 0.00000264. The lowest BCUT2D eigenvalue weighted by Crippen LogP contribution is -2.31. The van der Waals surface area contributed by atoms with Crippen LogP contribution in [0.1, 0.15) is 12.0 Å². The highest BCUT2D eigenvalue weighted by Gasteiger charge is 2.32. The maximum atomic E-state index is 12.0. The molecule has 1 atom stereocenters. The van der Waals surface area contributed by atoms with Crippen LogP contribution in [0.4, 0.5) is 13.2 Å². The van der Waals surface area contributed by atoms with Crippen LogP contribution in [0.2, 0.25) is 0 Å². The second-order valence-electron chi connectivity index (χ2n) is 5.03. The molecule has 1 N–H and O–H groups in total. The second-order valence-corrected chi connectivity index (χ2v) is 5.03. The van der Waals surface area contributed by atoms with E-state index in [0.717, 1.165) is 12.1 Å². The standard InChI is InChI=1S/C14H14F3NO4.ClH/c15-14(16,17)22-11-3-1-9(2-4-11)7-12(19)18-6-5-10(8-18)13(20)21;/h1-4,10H,5-8H2,(H,20,21);1H. The number of hydrogen-bond acceptors (Lipinski definition) is 3. The van der Waals surface area contributed by atoms with Crippen LogP contribution >= 0.6 is 12.4 Å². The van der Waals surface area contributed by atoms with Gasteiger partial charge in [0.05, 0.1) is 12.3 Å². The fraction of sp³-hybridized carbons (Fsp3) is 0.429. The third-order valence-corrected chi connectivity index (χ3v) is 3.40. The summed E-state index contributed by atoms with van der Waals surface area (Å²) >= 11 is 0. The summed E-state index contributed by atoms with van der Waals surface area (Å²) in [7, 11) is 0. The van der Waals surface area contributed by atoms with Gasteiger partial charge in [0.25, 0.3) is 0 Å². The molecule has 1 aliphatic heterocycles. The van der Waals surface area contributed by atoms with E-state index in [1.807, 2.05) is 0 Å². The number of carboxylic acids is 1. The number of amides is 1. The SMILES string of the molecule is Cl.O=C(O)C1CCN(C(=O)Cc2ccc(OC(F)(F)F)cc2)C1. The molecular weight excluding hydrogens is 339 g/mol. The molecular formula is C14H15ClF3NO4. The first-order valence-electron chi connectivity index (χ1n) is 6.60. The molecule has 1 heterocycles. The smallest absolute Gasteiger partial charge is 0.481 e. The van der Waals surface area contributed by atoms with Gasteiger partial charge < -0.3 is 14.7 Å². The first-order valence-corrected chi connectivity index (χ1v) is 6.60. The van der Waals surface area contributed by atoms with E-state index in [9.17, 15) is 22.8 Å². The lowest BCUT2D eigenvalue weighted by molar-refractivity contribution is -0.274. The number of carbonyl (C=O) groups is 2. The number of aliphatic carboxylic acids is 1. The minimum atomic E-state index is -4.75. The van der Waals surface area contributed by atoms with Crippen LogP contribution in [-0.2, 0) is 16.0 Å². The van der Waals surface area contributed by atoms with Gasteiger partial charge in [-0.15, -0.1) is 25.6 Å². The molecule has 0 spiro atoms. The van der Waals surface area contributed by atoms with Crippen molar-refractivity contribution in [2.24, 2.45) is 5.92 Å². The Morgan fingerprint density at radius 3 is 2.35 bits per heavy atom. The number of rotatable bonds is 4. The highest BCUT2D eigenvalue weighted by atomic mass is 35.5. The Bertz CT molecular complexity index is 562. The van der Waals surface area contributed by atoms with Crippen molar-refractivity contribution < 1.29 is 32.6 Å². The van der Waals surface area contributed by atoms with Gasteiger partial charge in [-0.1, -0.05) is 12.1 Å². The number of benzene rings is 1. The first-order chi connectivity index (χ1) is 10.2. The summed E-state index contributed by atoms with van der Waals surface area (Å²) < 4.78 is 39.8. The Morgan fingerprint density at radius 2 is 1.87 bits per heavy atom. The number of likely N-dealkylation sites (tertiary alicyclic amines) is 1. The predicted molar refractivity (Wildman–Crippen MR) is 76.4 cm³/mol. The fourth-order valence-electron chi connectivity index (χ4n) is 2.28. The summed E-state index contributed by atoms with van der Waals surface area (Å²) in [6.07, 6.45) is -4.32. The largest absolute Gasteiger partial charge is 0.573 e. The molecule has 9 heteroatoms. The summed E-state index contributed by atoms with van der Waals surface area (Å²) in [5.74, 6) is -2.07. The van der Waals surface area contributed by atoms with Gasteiger partial charge >= 0.3 is 12.3 Å². The van der Waals surface area contributed by atoms with Crippen molar-refractivity contribution in [3.63, 3.8) is 0 Å². The van der Waals surface area contributed by atoms with Crippen molar-refractivity contribution in [2.75, 3.05) is 13.1 Å². The summed E-state index contributed by atoms with van der Waals surface area (Å²) in [5, 5.41) is 8.88. The van der Waals surface area contributed by atoms with Crippen LogP contribution in [0.25, 0.3) is 0 Å². The highest BCUT2D eigenvalue weighted by Crippen LogP contribution is 2.23. The minimum Gasteiger partial charge on any atom is -0.481 e. The average Bonchev–Trinajstić information content (AvgIpc) is 2.89. The van der Waals surface area contributed by atoms with E-state index in [-0.39, 0.29) is 37.0 Å². The molecule has 0 saturated carbocycles. The van der Waals surface area contributed by atoms with Crippen molar-refractivity contribution >= 4 is 24.3 Å². The van der Waals surface area contributed by atoms with Crippen molar-refractivity contribution in [1.29, 1.82) is 0 Å². The van der Waals surface area contributed by atoms with Gasteiger partial charge in [0.1, 0.15) is 5.75 Å². The van der Waals surface area contributed by atoms with E-state index in [4.69, 9.17) is 5.11 Å². The minimum absolute atomic E-state index is 0. The van der Waals surface area contributed by atoms with E-state index in [1.54, 1.807) is 0 Å². The second kappa shape index (κ2) is 7.54. The van der Waals surface area contributed by atoms with Gasteiger partial charge in [-0.05, 0) is 24.1 Å². The molecule has 0 aromatic heterocycles. The summed E-state index contributed by atoms with van der Waals surface area (Å²) in [6.45, 7) is 0.550. The number of halogens is 4. The molecule has 2 rings (SSSR count). The molecule has 1 aromatic rings. The monoisotopic (exact) mass is 353 g/mol. The lowest BCUT2D eigenvalue weighted by atomic mass is 10.1. The Labute approximate surface area is 136 Å². The van der Waals surface area contributed by atoms with Gasteiger partial charge in [0, 0.05) is 13.1 Å². The number of carboxylic acid groups (broad SMARTS) is 1. The van der Waals surface area contributed by atoms with Crippen LogP contribution in [0.3, 0.4) is 0 Å². The Kier molecular flexibility index (Phi) is 6.26. The summed E-state index contributed by atoms with van der Waals surface area (Å²) in [6, 6.07) is 5.04. The number of ether oxygens (including phenoxy) is 1. The number of alkyl halides is 3. The molecule has 0 aliphatic carbocycles. The third kappa shape index (κ3) is 5.63. The van der Waals surface area contributed by atoms with E-state index >= 15 is 0 Å². The number of carbonyl (C=O) groups excluding carboxylic acids is 1. The normalized spacial score (nSPS) is 17.5. The molecule has 1 unspecified atom stereocenters. The third-order valence-electron chi connectivity index (χ3n) is 3.40. The topological polar surface area (TPSA) is 66.8 Å². The fourth-order valence-corrected chi connectivity index (χ4v) is 2.28. The van der Waals surface area contributed by atoms with Crippen LogP contribution in [0.15, 0.2) is 24.3 Å². The molecule has 1 saturated heterocycles. The van der Waals surface area contributed by atoms with Gasteiger partial charge in [-0.25, -0.2) is 0 Å². The zero-order valence-corrected chi connectivity index (χ0v) is 12.7. The first kappa shape index (κ1) is 19.1. The van der Waals surface area contributed by atoms with Gasteiger partial charge in [0.2, 0.25) is 5.91 Å². The average molecular weight is 354 g/mol. The van der Waals surface area contributed by atoms with Gasteiger partial charge in [-0.3, -0.25) is 9.59 Å². The van der Waals surface area contributed by atoms with Crippen molar-refractivity contribution in [1.82, 2.24) is 4.90 Å². The van der Waals surface area contributed by atoms with E-state index in [2.05, 4.69) is 4.74 Å². The molecule has 1 aromatic carbocycles. The molecule has 1 aliphatic rings. The molecule has 23 heavy (non-hydrogen) atoms. The highest BCUT2D eigenvalue weighted by molar-refractivity contribution is 5.85. The van der Waals surface area contributed by atoms with Gasteiger partial charge in [0.15, 0.2) is 0 Å². The Hall–Kier alpha value is -1.96. The predicted octanol–water partition coefficient (Wildman–Crippen LogP) is 2.48. The van der Waals surface area contributed by atoms with Crippen molar-refractivity contribution in [3.05, 3.63) is 29.8 Å². The van der Waals surface area contributed by atoms with Gasteiger partial charge in [-0.2, -0.15) is 0 Å². The molecule has 0 bridgehead atoms. The van der Waals surface area contributed by atoms with E-state index < -0.39 is 18.2 Å². The van der Waals surface area contributed by atoms with Crippen molar-refractivity contribution in [2.45, 2.75) is 19.2 Å². The number of nitrogens with zero attached hydrogens (tertiary/aromatic N) is 1. The van der Waals surface area contributed by atoms with Crippen LogP contribution in [-0.4, -0.2) is 41.3 Å². The summed E-state index contributed by atoms with van der Waals surface area (Å²) in [5.41, 5.74) is 0.540. The van der Waals surface area contributed by atoms with E-state index in [1.165, 1.54) is 17.0 Å². The summed E-state index contributed by atoms with van der Waals surface area (Å²) in [4.78, 5) is 24.3. The molecule has 1 fully saturated rings. The van der Waals surface area contributed by atoms with E-state index in [0.29, 0.717) is 18.5 Å². The van der Waals surface area contributed by atoms with Crippen LogP contribution in [0, 0.1) is 5.92 Å². The zero-order valence-electron chi connectivity index (χ0n) is 11.9. The van der Waals surface area contributed by atoms with Crippen molar-refractivity contribution in [3.8, 4) is 5.75 Å². The Morgan fingerprint density at radius 1 is 1.26 bits per heavy atom. The molecule has 1 amide bonds. The molecule has 0 radical (unpaired) electrons. The zero-order chi connectivity index (χ0) is 16.3.